The van der Waals surface area contributed by atoms with Gasteiger partial charge in [-0.2, -0.15) is 11.8 Å². The molecular formula is C15H22N2OS2. The molecule has 0 bridgehead atoms. The van der Waals surface area contributed by atoms with Gasteiger partial charge in [-0.3, -0.25) is 0 Å². The Balaban J connectivity index is 2.03. The van der Waals surface area contributed by atoms with E-state index in [1.165, 1.54) is 36.9 Å². The number of fused-ring (bicyclic) bond motifs is 1. The highest BCUT2D eigenvalue weighted by molar-refractivity contribution is 7.98. The van der Waals surface area contributed by atoms with Gasteiger partial charge in [0, 0.05) is 29.4 Å². The molecule has 1 aliphatic heterocycles. The second-order valence-corrected chi connectivity index (χ2v) is 7.05. The van der Waals surface area contributed by atoms with Crippen LogP contribution in [0.4, 0.5) is 0 Å². The molecule has 1 aromatic heterocycles. The first kappa shape index (κ1) is 14.5. The zero-order valence-electron chi connectivity index (χ0n) is 12.0. The van der Waals surface area contributed by atoms with E-state index in [1.807, 2.05) is 11.8 Å². The minimum atomic E-state index is -0.235. The predicted octanol–water partition coefficient (Wildman–Crippen LogP) is 4.47. The van der Waals surface area contributed by atoms with Gasteiger partial charge in [0.05, 0.1) is 0 Å². The lowest BCUT2D eigenvalue weighted by molar-refractivity contribution is -0.0626. The van der Waals surface area contributed by atoms with E-state index in [1.54, 1.807) is 0 Å². The van der Waals surface area contributed by atoms with E-state index in [4.69, 9.17) is 21.9 Å². The average Bonchev–Trinajstić information content (AvgIpc) is 2.79. The first-order valence-electron chi connectivity index (χ1n) is 7.59. The quantitative estimate of drug-likeness (QED) is 0.660. The van der Waals surface area contributed by atoms with Crippen LogP contribution in [0.2, 0.25) is 0 Å². The number of hydrogen-bond donors (Lipinski definition) is 1. The number of hydrogen-bond acceptors (Lipinski definition) is 4. The lowest BCUT2D eigenvalue weighted by Crippen LogP contribution is -2.32. The monoisotopic (exact) mass is 310 g/mol. The summed E-state index contributed by atoms with van der Waals surface area (Å²) in [5.41, 5.74) is 2.27. The van der Waals surface area contributed by atoms with Crippen molar-refractivity contribution >= 4 is 24.0 Å². The van der Waals surface area contributed by atoms with Crippen LogP contribution in [0.25, 0.3) is 0 Å². The number of ether oxygens (including phenoxy) is 1. The highest BCUT2D eigenvalue weighted by Crippen LogP contribution is 2.39. The molecule has 5 heteroatoms. The first-order chi connectivity index (χ1) is 9.75. The molecule has 1 saturated carbocycles. The smallest absolute Gasteiger partial charge is 0.140 e. The summed E-state index contributed by atoms with van der Waals surface area (Å²) >= 11 is 7.41. The Labute approximate surface area is 129 Å². The Morgan fingerprint density at radius 3 is 2.70 bits per heavy atom. The fourth-order valence-corrected chi connectivity index (χ4v) is 4.76. The largest absolute Gasteiger partial charge is 0.367 e. The van der Waals surface area contributed by atoms with Crippen molar-refractivity contribution in [2.75, 3.05) is 6.61 Å². The summed E-state index contributed by atoms with van der Waals surface area (Å²) < 4.78 is 6.98. The number of nitrogens with one attached hydrogen (secondary N) is 1. The third-order valence-corrected chi connectivity index (χ3v) is 5.68. The lowest BCUT2D eigenvalue weighted by atomic mass is 9.92. The van der Waals surface area contributed by atoms with Crippen LogP contribution >= 0.6 is 24.0 Å². The molecule has 2 heterocycles. The van der Waals surface area contributed by atoms with Gasteiger partial charge in [-0.05, 0) is 19.8 Å². The molecule has 0 spiro atoms. The van der Waals surface area contributed by atoms with Crippen LogP contribution in [0.1, 0.15) is 62.5 Å². The molecule has 0 saturated heterocycles. The van der Waals surface area contributed by atoms with Gasteiger partial charge in [0.25, 0.3) is 0 Å². The van der Waals surface area contributed by atoms with Gasteiger partial charge in [0.1, 0.15) is 16.1 Å². The minimum absolute atomic E-state index is 0.235. The fraction of sp³-hybridized carbons (Fsp3) is 0.733. The Morgan fingerprint density at radius 1 is 1.25 bits per heavy atom. The number of H-pyrrole nitrogens is 1. The van der Waals surface area contributed by atoms with Gasteiger partial charge in [0.2, 0.25) is 0 Å². The lowest BCUT2D eigenvalue weighted by Gasteiger charge is -2.32. The van der Waals surface area contributed by atoms with Crippen molar-refractivity contribution < 1.29 is 4.74 Å². The van der Waals surface area contributed by atoms with E-state index in [0.717, 1.165) is 41.4 Å². The van der Waals surface area contributed by atoms with Crippen LogP contribution < -0.4 is 0 Å². The standard InChI is InChI=1S/C15H22N2OS2/c1-2-18-15(7-5-3-4-6-8-15)14-16-12-10-20-9-11(12)13(19)17-14/h2-10H2,1H3,(H,16,17,19). The molecule has 110 valence electrons. The van der Waals surface area contributed by atoms with E-state index in [2.05, 4.69) is 11.9 Å². The Hall–Kier alpha value is -0.390. The number of aromatic nitrogens is 2. The summed E-state index contributed by atoms with van der Waals surface area (Å²) in [6, 6.07) is 0. The predicted molar refractivity (Wildman–Crippen MR) is 85.4 cm³/mol. The van der Waals surface area contributed by atoms with Gasteiger partial charge < -0.3 is 9.72 Å². The van der Waals surface area contributed by atoms with Crippen LogP contribution in [0.15, 0.2) is 0 Å². The van der Waals surface area contributed by atoms with Crippen molar-refractivity contribution in [3.8, 4) is 0 Å². The molecule has 0 aromatic carbocycles. The minimum Gasteiger partial charge on any atom is -0.367 e. The molecule has 0 atom stereocenters. The molecule has 0 unspecified atom stereocenters. The second kappa shape index (κ2) is 6.16. The van der Waals surface area contributed by atoms with Gasteiger partial charge in [-0.15, -0.1) is 0 Å². The van der Waals surface area contributed by atoms with Gasteiger partial charge >= 0.3 is 0 Å². The Kier molecular flexibility index (Phi) is 4.48. The summed E-state index contributed by atoms with van der Waals surface area (Å²) in [5, 5.41) is 0. The van der Waals surface area contributed by atoms with Crippen LogP contribution in [0.3, 0.4) is 0 Å². The number of aromatic amines is 1. The Morgan fingerprint density at radius 2 is 2.00 bits per heavy atom. The van der Waals surface area contributed by atoms with Crippen molar-refractivity contribution in [1.82, 2.24) is 9.97 Å². The van der Waals surface area contributed by atoms with Crippen molar-refractivity contribution in [2.24, 2.45) is 0 Å². The maximum atomic E-state index is 6.20. The van der Waals surface area contributed by atoms with Crippen molar-refractivity contribution in [3.63, 3.8) is 0 Å². The summed E-state index contributed by atoms with van der Waals surface area (Å²) in [7, 11) is 0. The zero-order valence-corrected chi connectivity index (χ0v) is 13.7. The maximum Gasteiger partial charge on any atom is 0.140 e. The molecule has 2 aliphatic rings. The molecule has 1 N–H and O–H groups in total. The molecule has 1 aromatic rings. The highest BCUT2D eigenvalue weighted by Gasteiger charge is 2.36. The van der Waals surface area contributed by atoms with E-state index >= 15 is 0 Å². The molecule has 1 aliphatic carbocycles. The first-order valence-corrected chi connectivity index (χ1v) is 9.16. The normalized spacial score (nSPS) is 21.4. The third-order valence-electron chi connectivity index (χ3n) is 4.36. The topological polar surface area (TPSA) is 37.9 Å². The average molecular weight is 310 g/mol. The number of rotatable bonds is 3. The SMILES string of the molecule is CCOC1(c2nc(=S)c3c([nH]2)CSC3)CCCCCC1. The van der Waals surface area contributed by atoms with E-state index < -0.39 is 0 Å². The molecule has 3 nitrogen and oxygen atoms in total. The van der Waals surface area contributed by atoms with Crippen molar-refractivity contribution in [3.05, 3.63) is 21.7 Å². The molecule has 20 heavy (non-hydrogen) atoms. The van der Waals surface area contributed by atoms with Gasteiger partial charge in [-0.25, -0.2) is 4.98 Å². The molecule has 0 amide bonds. The third kappa shape index (κ3) is 2.68. The van der Waals surface area contributed by atoms with Gasteiger partial charge in [0.15, 0.2) is 0 Å². The number of thioether (sulfide) groups is 1. The molecular weight excluding hydrogens is 288 g/mol. The van der Waals surface area contributed by atoms with Crippen LogP contribution in [0, 0.1) is 4.64 Å². The van der Waals surface area contributed by atoms with Gasteiger partial charge in [-0.1, -0.05) is 37.9 Å². The Bertz CT molecular complexity index is 533. The highest BCUT2D eigenvalue weighted by atomic mass is 32.2. The van der Waals surface area contributed by atoms with Crippen LogP contribution in [-0.2, 0) is 21.8 Å². The molecule has 3 rings (SSSR count). The van der Waals surface area contributed by atoms with Crippen molar-refractivity contribution in [2.45, 2.75) is 62.6 Å². The van der Waals surface area contributed by atoms with E-state index in [0.29, 0.717) is 0 Å². The summed E-state index contributed by atoms with van der Waals surface area (Å²) in [5.74, 6) is 3.00. The summed E-state index contributed by atoms with van der Waals surface area (Å²) in [6.07, 6.45) is 7.16. The summed E-state index contributed by atoms with van der Waals surface area (Å²) in [6.45, 7) is 2.80. The van der Waals surface area contributed by atoms with Crippen LogP contribution in [0.5, 0.6) is 0 Å². The van der Waals surface area contributed by atoms with Crippen molar-refractivity contribution in [1.29, 1.82) is 0 Å². The maximum absolute atomic E-state index is 6.20. The van der Waals surface area contributed by atoms with E-state index in [9.17, 15) is 0 Å². The number of nitrogens with zero attached hydrogens (tertiary/aromatic N) is 1. The zero-order chi connectivity index (χ0) is 14.0. The van der Waals surface area contributed by atoms with Crippen LogP contribution in [-0.4, -0.2) is 16.6 Å². The fourth-order valence-electron chi connectivity index (χ4n) is 3.31. The van der Waals surface area contributed by atoms with E-state index in [-0.39, 0.29) is 5.60 Å². The second-order valence-electron chi connectivity index (χ2n) is 5.68. The molecule has 0 radical (unpaired) electrons. The summed E-state index contributed by atoms with van der Waals surface area (Å²) in [4.78, 5) is 8.29. The molecule has 1 fully saturated rings.